The molecule has 0 aliphatic heterocycles. The lowest BCUT2D eigenvalue weighted by atomic mass is 9.98. The number of aromatic amines is 1. The zero-order valence-corrected chi connectivity index (χ0v) is 20.3. The SMILES string of the molecule is Cc1oc2c(c(C)cc3oc(=O)c(CC(=O)NCCc4c[nH]c5ccc(Cl)cc45)c(C)c32)c1C. The Kier molecular flexibility index (Phi) is 5.48. The van der Waals surface area contributed by atoms with E-state index in [2.05, 4.69) is 10.3 Å². The van der Waals surface area contributed by atoms with Crippen LogP contribution in [-0.4, -0.2) is 17.4 Å². The Labute approximate surface area is 200 Å². The third-order valence-electron chi connectivity index (χ3n) is 6.66. The van der Waals surface area contributed by atoms with E-state index in [9.17, 15) is 9.59 Å². The predicted molar refractivity (Wildman–Crippen MR) is 135 cm³/mol. The van der Waals surface area contributed by atoms with Crippen LogP contribution in [0.1, 0.15) is 33.6 Å². The van der Waals surface area contributed by atoms with Gasteiger partial charge in [0.25, 0.3) is 0 Å². The number of aryl methyl sites for hydroxylation is 4. The summed E-state index contributed by atoms with van der Waals surface area (Å²) < 4.78 is 11.7. The first-order valence-corrected chi connectivity index (χ1v) is 11.6. The van der Waals surface area contributed by atoms with Crippen LogP contribution in [0.4, 0.5) is 0 Å². The maximum absolute atomic E-state index is 12.8. The number of fused-ring (bicyclic) bond motifs is 4. The average molecular weight is 477 g/mol. The van der Waals surface area contributed by atoms with E-state index < -0.39 is 5.63 Å². The van der Waals surface area contributed by atoms with E-state index in [1.165, 1.54) is 0 Å². The molecule has 0 saturated heterocycles. The lowest BCUT2D eigenvalue weighted by molar-refractivity contribution is -0.120. The molecule has 2 aromatic carbocycles. The number of nitrogens with one attached hydrogen (secondary N) is 2. The first kappa shape index (κ1) is 22.3. The van der Waals surface area contributed by atoms with Crippen molar-refractivity contribution in [2.24, 2.45) is 0 Å². The first-order chi connectivity index (χ1) is 16.2. The second kappa shape index (κ2) is 8.37. The Hall–Kier alpha value is -3.51. The van der Waals surface area contributed by atoms with Gasteiger partial charge in [0, 0.05) is 34.1 Å². The van der Waals surface area contributed by atoms with Crippen molar-refractivity contribution >= 4 is 50.3 Å². The van der Waals surface area contributed by atoms with Crippen LogP contribution in [0.5, 0.6) is 0 Å². The molecule has 6 nitrogen and oxygen atoms in total. The molecule has 0 aliphatic rings. The van der Waals surface area contributed by atoms with Crippen LogP contribution in [0.15, 0.2) is 44.1 Å². The van der Waals surface area contributed by atoms with Crippen molar-refractivity contribution in [1.82, 2.24) is 10.3 Å². The molecule has 0 saturated carbocycles. The number of hydrogen-bond donors (Lipinski definition) is 2. The highest BCUT2D eigenvalue weighted by atomic mass is 35.5. The molecular weight excluding hydrogens is 452 g/mol. The summed E-state index contributed by atoms with van der Waals surface area (Å²) in [5, 5.41) is 6.40. The summed E-state index contributed by atoms with van der Waals surface area (Å²) in [6.45, 7) is 8.20. The fraction of sp³-hybridized carbons (Fsp3) is 0.259. The van der Waals surface area contributed by atoms with Crippen LogP contribution < -0.4 is 10.9 Å². The quantitative estimate of drug-likeness (QED) is 0.313. The Morgan fingerprint density at radius 3 is 2.65 bits per heavy atom. The van der Waals surface area contributed by atoms with Crippen LogP contribution in [0, 0.1) is 27.7 Å². The zero-order chi connectivity index (χ0) is 24.1. The van der Waals surface area contributed by atoms with Gasteiger partial charge in [-0.2, -0.15) is 0 Å². The second-order valence-corrected chi connectivity index (χ2v) is 9.26. The van der Waals surface area contributed by atoms with E-state index in [1.54, 1.807) is 0 Å². The van der Waals surface area contributed by atoms with Crippen molar-refractivity contribution in [3.8, 4) is 0 Å². The minimum atomic E-state index is -0.495. The van der Waals surface area contributed by atoms with Crippen LogP contribution in [0.3, 0.4) is 0 Å². The van der Waals surface area contributed by atoms with Gasteiger partial charge in [-0.3, -0.25) is 4.79 Å². The lowest BCUT2D eigenvalue weighted by Gasteiger charge is -2.10. The van der Waals surface area contributed by atoms with E-state index in [-0.39, 0.29) is 12.3 Å². The molecule has 1 amide bonds. The molecule has 7 heteroatoms. The van der Waals surface area contributed by atoms with Crippen molar-refractivity contribution in [3.05, 3.63) is 79.5 Å². The number of rotatable bonds is 5. The molecule has 0 fully saturated rings. The van der Waals surface area contributed by atoms with Gasteiger partial charge in [-0.15, -0.1) is 0 Å². The first-order valence-electron chi connectivity index (χ1n) is 11.2. The second-order valence-electron chi connectivity index (χ2n) is 8.83. The van der Waals surface area contributed by atoms with E-state index in [4.69, 9.17) is 20.4 Å². The van der Waals surface area contributed by atoms with E-state index in [0.29, 0.717) is 40.3 Å². The minimum absolute atomic E-state index is 0.0577. The smallest absolute Gasteiger partial charge is 0.340 e. The van der Waals surface area contributed by atoms with Gasteiger partial charge in [-0.25, -0.2) is 4.79 Å². The van der Waals surface area contributed by atoms with Crippen LogP contribution in [0.2, 0.25) is 5.02 Å². The van der Waals surface area contributed by atoms with E-state index in [0.717, 1.165) is 44.1 Å². The van der Waals surface area contributed by atoms with Crippen LogP contribution in [0.25, 0.3) is 32.8 Å². The molecule has 34 heavy (non-hydrogen) atoms. The van der Waals surface area contributed by atoms with Gasteiger partial charge in [0.05, 0.1) is 17.4 Å². The van der Waals surface area contributed by atoms with Gasteiger partial charge < -0.3 is 19.1 Å². The van der Waals surface area contributed by atoms with Gasteiger partial charge >= 0.3 is 5.63 Å². The van der Waals surface area contributed by atoms with Crippen molar-refractivity contribution < 1.29 is 13.6 Å². The van der Waals surface area contributed by atoms with Gasteiger partial charge in [0.2, 0.25) is 5.91 Å². The van der Waals surface area contributed by atoms with Crippen molar-refractivity contribution in [2.45, 2.75) is 40.5 Å². The number of carbonyl (C=O) groups excluding carboxylic acids is 1. The molecule has 0 spiro atoms. The Balaban J connectivity index is 1.39. The third-order valence-corrected chi connectivity index (χ3v) is 6.90. The normalized spacial score (nSPS) is 11.7. The predicted octanol–water partition coefficient (Wildman–Crippen LogP) is 5.81. The minimum Gasteiger partial charge on any atom is -0.460 e. The van der Waals surface area contributed by atoms with Crippen LogP contribution >= 0.6 is 11.6 Å². The summed E-state index contributed by atoms with van der Waals surface area (Å²) in [5.41, 5.74) is 5.87. The molecule has 3 heterocycles. The standard InChI is InChI=1S/C27H25ClN2O4/c1-13-9-22-25(26-24(13)14(2)16(4)33-26)15(3)19(27(32)34-22)11-23(31)29-8-7-17-12-30-21-6-5-18(28)10-20(17)21/h5-6,9-10,12,30H,7-8,11H2,1-4H3,(H,29,31). The lowest BCUT2D eigenvalue weighted by Crippen LogP contribution is -2.29. The maximum atomic E-state index is 12.8. The van der Waals surface area contributed by atoms with Gasteiger partial charge in [-0.05, 0) is 80.6 Å². The average Bonchev–Trinajstić information content (AvgIpc) is 3.31. The molecule has 174 valence electrons. The number of furan rings is 1. The third kappa shape index (κ3) is 3.68. The van der Waals surface area contributed by atoms with Crippen LogP contribution in [-0.2, 0) is 17.6 Å². The highest BCUT2D eigenvalue weighted by Crippen LogP contribution is 2.36. The Morgan fingerprint density at radius 2 is 1.85 bits per heavy atom. The summed E-state index contributed by atoms with van der Waals surface area (Å²) in [5.74, 6) is 0.594. The highest BCUT2D eigenvalue weighted by molar-refractivity contribution is 6.31. The van der Waals surface area contributed by atoms with Crippen molar-refractivity contribution in [2.75, 3.05) is 6.54 Å². The van der Waals surface area contributed by atoms with Gasteiger partial charge in [0.15, 0.2) is 0 Å². The Bertz CT molecular complexity index is 1660. The van der Waals surface area contributed by atoms with Gasteiger partial charge in [0.1, 0.15) is 16.9 Å². The number of amides is 1. The Morgan fingerprint density at radius 1 is 1.06 bits per heavy atom. The molecule has 0 atom stereocenters. The number of benzene rings is 2. The maximum Gasteiger partial charge on any atom is 0.340 e. The molecule has 5 aromatic rings. The zero-order valence-electron chi connectivity index (χ0n) is 19.5. The van der Waals surface area contributed by atoms with E-state index >= 15 is 0 Å². The summed E-state index contributed by atoms with van der Waals surface area (Å²) in [4.78, 5) is 28.7. The fourth-order valence-corrected chi connectivity index (χ4v) is 4.93. The molecular formula is C27H25ClN2O4. The summed E-state index contributed by atoms with van der Waals surface area (Å²) >= 11 is 6.12. The number of carbonyl (C=O) groups is 1. The summed E-state index contributed by atoms with van der Waals surface area (Å²) in [7, 11) is 0. The number of aromatic nitrogens is 1. The van der Waals surface area contributed by atoms with Crippen molar-refractivity contribution in [1.29, 1.82) is 0 Å². The molecule has 0 bridgehead atoms. The summed E-state index contributed by atoms with van der Waals surface area (Å²) in [6, 6.07) is 7.55. The summed E-state index contributed by atoms with van der Waals surface area (Å²) in [6.07, 6.45) is 2.51. The molecule has 5 rings (SSSR count). The number of hydrogen-bond acceptors (Lipinski definition) is 4. The molecule has 0 aliphatic carbocycles. The molecule has 2 N–H and O–H groups in total. The number of H-pyrrole nitrogens is 1. The molecule has 3 aromatic heterocycles. The largest absolute Gasteiger partial charge is 0.460 e. The van der Waals surface area contributed by atoms with E-state index in [1.807, 2.05) is 58.2 Å². The molecule has 0 unspecified atom stereocenters. The highest BCUT2D eigenvalue weighted by Gasteiger charge is 2.21. The topological polar surface area (TPSA) is 88.2 Å². The molecule has 0 radical (unpaired) electrons. The fourth-order valence-electron chi connectivity index (χ4n) is 4.75. The number of halogens is 1. The van der Waals surface area contributed by atoms with Gasteiger partial charge in [-0.1, -0.05) is 11.6 Å². The van der Waals surface area contributed by atoms with Crippen molar-refractivity contribution in [3.63, 3.8) is 0 Å². The monoisotopic (exact) mass is 476 g/mol.